The zero-order chi connectivity index (χ0) is 26.7. The zero-order valence-electron chi connectivity index (χ0n) is 17.4. The van der Waals surface area contributed by atoms with Crippen molar-refractivity contribution in [3.05, 3.63) is 57.1 Å². The fraction of sp³-hybridized carbons (Fsp3) is 0.286. The maximum absolute atomic E-state index is 14.3. The third-order valence-corrected chi connectivity index (χ3v) is 7.20. The number of nitriles is 1. The van der Waals surface area contributed by atoms with Crippen LogP contribution in [0, 0.1) is 11.3 Å². The highest BCUT2D eigenvalue weighted by Crippen LogP contribution is 2.53. The number of rotatable bonds is 5. The lowest BCUT2D eigenvalue weighted by Gasteiger charge is -2.30. The molecule has 15 heteroatoms. The van der Waals surface area contributed by atoms with E-state index < -0.39 is 40.1 Å². The average molecular weight is 571 g/mol. The van der Waals surface area contributed by atoms with Gasteiger partial charge in [0.05, 0.1) is 28.5 Å². The molecule has 1 N–H and O–H groups in total. The third-order valence-electron chi connectivity index (χ3n) is 5.49. The minimum atomic E-state index is -6.27. The standard InChI is InChI=1S/C21H11Cl2F7N4OS/c22-13-5-11(19(24,20(25,26)27)21(28,29)30)1-2-14(13)34-8-10(7-32-34)15-6-12(16(23)36-15)17(35)33-18(9-31)3-4-18/h1-2,5-8H,3-4H2,(H,33,35). The average Bonchev–Trinajstić information content (AvgIpc) is 3.19. The molecule has 0 saturated heterocycles. The van der Waals surface area contributed by atoms with Gasteiger partial charge in [0.1, 0.15) is 9.88 Å². The number of aromatic nitrogens is 2. The van der Waals surface area contributed by atoms with Crippen LogP contribution in [0.1, 0.15) is 28.8 Å². The number of amides is 1. The zero-order valence-corrected chi connectivity index (χ0v) is 19.8. The number of nitrogens with one attached hydrogen (secondary N) is 1. The summed E-state index contributed by atoms with van der Waals surface area (Å²) in [4.78, 5) is 12.9. The molecule has 2 heterocycles. The van der Waals surface area contributed by atoms with Crippen molar-refractivity contribution in [3.8, 4) is 22.2 Å². The summed E-state index contributed by atoms with van der Waals surface area (Å²) in [7, 11) is 0. The molecule has 1 amide bonds. The van der Waals surface area contributed by atoms with Crippen molar-refractivity contribution in [1.82, 2.24) is 15.1 Å². The Morgan fingerprint density at radius 3 is 2.28 bits per heavy atom. The van der Waals surface area contributed by atoms with E-state index >= 15 is 0 Å². The molecule has 3 aromatic rings. The Kier molecular flexibility index (Phi) is 6.30. The second kappa shape index (κ2) is 8.64. The smallest absolute Gasteiger partial charge is 0.334 e. The molecular formula is C21H11Cl2F7N4OS. The SMILES string of the molecule is N#CC1(NC(=O)c2cc(-c3cnn(-c4ccc(C(F)(C(F)(F)F)C(F)(F)F)cc4Cl)c3)sc2Cl)CC1. The van der Waals surface area contributed by atoms with Gasteiger partial charge in [-0.2, -0.15) is 36.7 Å². The first kappa shape index (κ1) is 26.2. The highest BCUT2D eigenvalue weighted by Gasteiger charge is 2.73. The lowest BCUT2D eigenvalue weighted by molar-refractivity contribution is -0.348. The number of thiophene rings is 1. The minimum Gasteiger partial charge on any atom is -0.334 e. The van der Waals surface area contributed by atoms with Crippen LogP contribution in [0.25, 0.3) is 16.1 Å². The number of halogens is 9. The molecule has 36 heavy (non-hydrogen) atoms. The fourth-order valence-corrected chi connectivity index (χ4v) is 4.83. The van der Waals surface area contributed by atoms with Crippen LogP contribution in [0.15, 0.2) is 36.7 Å². The van der Waals surface area contributed by atoms with E-state index in [1.165, 1.54) is 18.5 Å². The van der Waals surface area contributed by atoms with Gasteiger partial charge in [-0.05, 0) is 31.0 Å². The second-order valence-electron chi connectivity index (χ2n) is 7.94. The monoisotopic (exact) mass is 570 g/mol. The highest BCUT2D eigenvalue weighted by atomic mass is 35.5. The van der Waals surface area contributed by atoms with E-state index in [2.05, 4.69) is 10.4 Å². The summed E-state index contributed by atoms with van der Waals surface area (Å²) in [6, 6.07) is 4.82. The Morgan fingerprint density at radius 2 is 1.75 bits per heavy atom. The van der Waals surface area contributed by atoms with Crippen molar-refractivity contribution < 1.29 is 35.5 Å². The van der Waals surface area contributed by atoms with Gasteiger partial charge >= 0.3 is 18.0 Å². The molecule has 1 aromatic carbocycles. The van der Waals surface area contributed by atoms with Crippen molar-refractivity contribution in [2.24, 2.45) is 0 Å². The van der Waals surface area contributed by atoms with E-state index in [9.17, 15) is 35.5 Å². The lowest BCUT2D eigenvalue weighted by atomic mass is 9.94. The Bertz CT molecular complexity index is 1370. The Labute approximate surface area is 212 Å². The quantitative estimate of drug-likeness (QED) is 0.336. The molecule has 190 valence electrons. The first-order valence-corrected chi connectivity index (χ1v) is 11.4. The Hall–Kier alpha value is -2.82. The van der Waals surface area contributed by atoms with Crippen LogP contribution >= 0.6 is 34.5 Å². The lowest BCUT2D eigenvalue weighted by Crippen LogP contribution is -2.50. The molecule has 0 unspecified atom stereocenters. The molecule has 4 rings (SSSR count). The maximum Gasteiger partial charge on any atom is 0.435 e. The summed E-state index contributed by atoms with van der Waals surface area (Å²) in [5.74, 6) is -0.545. The van der Waals surface area contributed by atoms with Gasteiger partial charge in [-0.3, -0.25) is 4.79 Å². The molecule has 1 aliphatic rings. The molecular weight excluding hydrogens is 560 g/mol. The molecule has 1 fully saturated rings. The van der Waals surface area contributed by atoms with Crippen molar-refractivity contribution in [1.29, 1.82) is 5.26 Å². The predicted octanol–water partition coefficient (Wildman–Crippen LogP) is 6.98. The van der Waals surface area contributed by atoms with Crippen LogP contribution in [0.4, 0.5) is 30.7 Å². The summed E-state index contributed by atoms with van der Waals surface area (Å²) in [6.07, 6.45) is -8.86. The number of alkyl halides is 7. The van der Waals surface area contributed by atoms with Gasteiger partial charge in [0.15, 0.2) is 0 Å². The van der Waals surface area contributed by atoms with E-state index in [4.69, 9.17) is 28.5 Å². The molecule has 5 nitrogen and oxygen atoms in total. The van der Waals surface area contributed by atoms with E-state index in [0.29, 0.717) is 29.3 Å². The van der Waals surface area contributed by atoms with Crippen LogP contribution in [0.2, 0.25) is 9.36 Å². The minimum absolute atomic E-state index is 0.118. The van der Waals surface area contributed by atoms with E-state index in [0.717, 1.165) is 22.1 Å². The van der Waals surface area contributed by atoms with Crippen molar-refractivity contribution >= 4 is 40.4 Å². The first-order valence-electron chi connectivity index (χ1n) is 9.83. The predicted molar refractivity (Wildman–Crippen MR) is 117 cm³/mol. The van der Waals surface area contributed by atoms with Crippen molar-refractivity contribution in [3.63, 3.8) is 0 Å². The molecule has 0 aliphatic heterocycles. The third kappa shape index (κ3) is 4.42. The van der Waals surface area contributed by atoms with Crippen LogP contribution in [0.5, 0.6) is 0 Å². The Morgan fingerprint density at radius 1 is 1.11 bits per heavy atom. The summed E-state index contributed by atoms with van der Waals surface area (Å²) in [6.45, 7) is 0. The van der Waals surface area contributed by atoms with Crippen LogP contribution < -0.4 is 5.32 Å². The van der Waals surface area contributed by atoms with E-state index in [-0.39, 0.29) is 21.7 Å². The number of hydrogen-bond acceptors (Lipinski definition) is 4. The van der Waals surface area contributed by atoms with Gasteiger partial charge in [-0.25, -0.2) is 9.07 Å². The number of hydrogen-bond donors (Lipinski definition) is 1. The first-order chi connectivity index (χ1) is 16.6. The van der Waals surface area contributed by atoms with Gasteiger partial charge < -0.3 is 5.32 Å². The van der Waals surface area contributed by atoms with Crippen molar-refractivity contribution in [2.45, 2.75) is 36.4 Å². The fourth-order valence-electron chi connectivity index (χ4n) is 3.32. The molecule has 0 radical (unpaired) electrons. The Balaban J connectivity index is 1.63. The number of carbonyl (C=O) groups is 1. The van der Waals surface area contributed by atoms with Gasteiger partial charge in [-0.15, -0.1) is 11.3 Å². The summed E-state index contributed by atoms with van der Waals surface area (Å²) in [5.41, 5.74) is -7.86. The van der Waals surface area contributed by atoms with E-state index in [1.54, 1.807) is 0 Å². The summed E-state index contributed by atoms with van der Waals surface area (Å²) >= 11 is 13.1. The van der Waals surface area contributed by atoms with Crippen LogP contribution in [-0.4, -0.2) is 33.6 Å². The summed E-state index contributed by atoms with van der Waals surface area (Å²) < 4.78 is 93.7. The molecule has 1 aliphatic carbocycles. The molecule has 0 bridgehead atoms. The highest BCUT2D eigenvalue weighted by molar-refractivity contribution is 7.19. The largest absolute Gasteiger partial charge is 0.435 e. The van der Waals surface area contributed by atoms with Gasteiger partial charge in [0.2, 0.25) is 0 Å². The van der Waals surface area contributed by atoms with Gasteiger partial charge in [0, 0.05) is 22.2 Å². The molecule has 2 aromatic heterocycles. The molecule has 1 saturated carbocycles. The maximum atomic E-state index is 14.3. The number of nitrogens with zero attached hydrogens (tertiary/aromatic N) is 3. The van der Waals surface area contributed by atoms with Crippen molar-refractivity contribution in [2.75, 3.05) is 0 Å². The topological polar surface area (TPSA) is 70.7 Å². The van der Waals surface area contributed by atoms with Crippen LogP contribution in [0.3, 0.4) is 0 Å². The number of carbonyl (C=O) groups excluding carboxylic acids is 1. The second-order valence-corrected chi connectivity index (χ2v) is 10.0. The normalized spacial score (nSPS) is 15.4. The van der Waals surface area contributed by atoms with Gasteiger partial charge in [-0.1, -0.05) is 29.3 Å². The molecule has 0 atom stereocenters. The van der Waals surface area contributed by atoms with Gasteiger partial charge in [0.25, 0.3) is 5.91 Å². The molecule has 0 spiro atoms. The van der Waals surface area contributed by atoms with Crippen LogP contribution in [-0.2, 0) is 5.67 Å². The summed E-state index contributed by atoms with van der Waals surface area (Å²) in [5, 5.41) is 15.1. The number of benzene rings is 1. The van der Waals surface area contributed by atoms with E-state index in [1.807, 2.05) is 6.07 Å².